The molecule has 0 radical (unpaired) electrons. The lowest BCUT2D eigenvalue weighted by Crippen LogP contribution is -2.45. The fourth-order valence-corrected chi connectivity index (χ4v) is 7.00. The normalized spacial score (nSPS) is 14.4. The summed E-state index contributed by atoms with van der Waals surface area (Å²) in [5.74, 6) is -0.196. The van der Waals surface area contributed by atoms with E-state index in [1.165, 1.54) is 148 Å². The van der Waals surface area contributed by atoms with Crippen molar-refractivity contribution < 1.29 is 28.4 Å². The number of carbonyl (C=O) groups is 1. The first-order valence-electron chi connectivity index (χ1n) is 21.5. The van der Waals surface area contributed by atoms with Crippen LogP contribution < -0.4 is 11.1 Å². The molecule has 0 spiro atoms. The molecule has 8 nitrogen and oxygen atoms in total. The van der Waals surface area contributed by atoms with Crippen molar-refractivity contribution in [1.82, 2.24) is 5.32 Å². The molecule has 0 aromatic carbocycles. The summed E-state index contributed by atoms with van der Waals surface area (Å²) >= 11 is 0. The lowest BCUT2D eigenvalue weighted by Gasteiger charge is -2.23. The summed E-state index contributed by atoms with van der Waals surface area (Å²) in [6.45, 7) is 4.13. The van der Waals surface area contributed by atoms with E-state index >= 15 is 0 Å². The zero-order valence-corrected chi connectivity index (χ0v) is 34.2. The Kier molecular flexibility index (Phi) is 37.9. The van der Waals surface area contributed by atoms with E-state index in [0.717, 1.165) is 38.5 Å². The average Bonchev–Trinajstić information content (AvgIpc) is 3.12. The third kappa shape index (κ3) is 37.1. The fourth-order valence-electron chi connectivity index (χ4n) is 6.24. The van der Waals surface area contributed by atoms with Gasteiger partial charge in [-0.2, -0.15) is 0 Å². The Hall–Kier alpha value is -1.02. The number of hydrogen-bond acceptors (Lipinski definition) is 6. The van der Waals surface area contributed by atoms with Crippen molar-refractivity contribution in [2.75, 3.05) is 19.8 Å². The Bertz CT molecular complexity index is 855. The maximum Gasteiger partial charge on any atom is 0.472 e. The van der Waals surface area contributed by atoms with Gasteiger partial charge in [-0.1, -0.05) is 179 Å². The molecule has 3 unspecified atom stereocenters. The first kappa shape index (κ1) is 50.0. The predicted molar refractivity (Wildman–Crippen MR) is 217 cm³/mol. The monoisotopic (exact) mass is 743 g/mol. The van der Waals surface area contributed by atoms with Gasteiger partial charge in [0.1, 0.15) is 0 Å². The minimum atomic E-state index is -4.33. The second-order valence-corrected chi connectivity index (χ2v) is 16.0. The molecule has 0 aliphatic carbocycles. The second-order valence-electron chi connectivity index (χ2n) is 14.6. The molecular weight excluding hydrogens is 659 g/mol. The summed E-state index contributed by atoms with van der Waals surface area (Å²) < 4.78 is 22.1. The van der Waals surface area contributed by atoms with Gasteiger partial charge in [0, 0.05) is 13.0 Å². The molecular formula is C42H83N2O6P. The lowest BCUT2D eigenvalue weighted by molar-refractivity contribution is -0.123. The van der Waals surface area contributed by atoms with Gasteiger partial charge in [0.05, 0.1) is 25.4 Å². The average molecular weight is 743 g/mol. The minimum absolute atomic E-state index is 0.0791. The van der Waals surface area contributed by atoms with E-state index in [2.05, 4.69) is 31.3 Å². The molecule has 5 N–H and O–H groups in total. The van der Waals surface area contributed by atoms with Gasteiger partial charge >= 0.3 is 7.82 Å². The Labute approximate surface area is 315 Å². The van der Waals surface area contributed by atoms with Crippen molar-refractivity contribution in [3.8, 4) is 0 Å². The number of unbranched alkanes of at least 4 members (excludes halogenated alkanes) is 26. The lowest BCUT2D eigenvalue weighted by atomic mass is 10.0. The zero-order valence-electron chi connectivity index (χ0n) is 33.4. The number of nitrogens with two attached hydrogens (primary N) is 1. The van der Waals surface area contributed by atoms with E-state index in [9.17, 15) is 19.4 Å². The van der Waals surface area contributed by atoms with Gasteiger partial charge < -0.3 is 21.1 Å². The van der Waals surface area contributed by atoms with Gasteiger partial charge in [-0.05, 0) is 44.9 Å². The molecule has 0 heterocycles. The van der Waals surface area contributed by atoms with E-state index in [-0.39, 0.29) is 25.7 Å². The third-order valence-corrected chi connectivity index (χ3v) is 10.5. The zero-order chi connectivity index (χ0) is 37.5. The summed E-state index contributed by atoms with van der Waals surface area (Å²) in [6, 6.07) is -0.858. The van der Waals surface area contributed by atoms with Gasteiger partial charge in [-0.3, -0.25) is 13.8 Å². The summed E-state index contributed by atoms with van der Waals surface area (Å²) in [6.07, 6.45) is 43.6. The molecule has 0 aliphatic rings. The SMILES string of the molecule is CCCCCCCC/C=C\CCCCCCCCCCCC(=O)NC(COP(=O)(O)OCCN)C(O)/C=C/CCCCCCCCCCCCC. The Morgan fingerprint density at radius 2 is 1.02 bits per heavy atom. The number of nitrogens with one attached hydrogen (secondary N) is 1. The number of allylic oxidation sites excluding steroid dienone is 3. The van der Waals surface area contributed by atoms with Gasteiger partial charge in [0.15, 0.2) is 0 Å². The number of hydrogen-bond donors (Lipinski definition) is 4. The standard InChI is InChI=1S/C42H83N2O6P/c1-3-5-7-9-11-13-15-17-18-19-20-21-22-24-26-28-30-32-34-36-42(46)44-40(39-50-51(47,48)49-38-37-43)41(45)35-33-31-29-27-25-23-16-14-12-10-8-6-4-2/h17-18,33,35,40-41,45H,3-16,19-32,34,36-39,43H2,1-2H3,(H,44,46)(H,47,48)/b18-17-,35-33+. The molecule has 0 aromatic rings. The van der Waals surface area contributed by atoms with E-state index < -0.39 is 20.0 Å². The number of aliphatic hydroxyl groups is 1. The van der Waals surface area contributed by atoms with Gasteiger partial charge in [0.25, 0.3) is 0 Å². The molecule has 0 fully saturated rings. The molecule has 0 saturated carbocycles. The van der Waals surface area contributed by atoms with Crippen LogP contribution in [-0.4, -0.2) is 47.8 Å². The van der Waals surface area contributed by atoms with Crippen LogP contribution in [0.1, 0.15) is 206 Å². The van der Waals surface area contributed by atoms with E-state index in [4.69, 9.17) is 14.8 Å². The van der Waals surface area contributed by atoms with Crippen LogP contribution in [0.15, 0.2) is 24.3 Å². The molecule has 0 rings (SSSR count). The highest BCUT2D eigenvalue weighted by Crippen LogP contribution is 2.43. The molecule has 1 amide bonds. The highest BCUT2D eigenvalue weighted by Gasteiger charge is 2.26. The van der Waals surface area contributed by atoms with Crippen LogP contribution in [0.25, 0.3) is 0 Å². The summed E-state index contributed by atoms with van der Waals surface area (Å²) in [7, 11) is -4.33. The van der Waals surface area contributed by atoms with Gasteiger partial charge in [-0.25, -0.2) is 4.57 Å². The molecule has 51 heavy (non-hydrogen) atoms. The molecule has 3 atom stereocenters. The van der Waals surface area contributed by atoms with Crippen molar-refractivity contribution in [2.45, 2.75) is 219 Å². The highest BCUT2D eigenvalue weighted by atomic mass is 31.2. The van der Waals surface area contributed by atoms with E-state index in [1.54, 1.807) is 6.08 Å². The Morgan fingerprint density at radius 1 is 0.627 bits per heavy atom. The highest BCUT2D eigenvalue weighted by molar-refractivity contribution is 7.47. The van der Waals surface area contributed by atoms with Crippen LogP contribution >= 0.6 is 7.82 Å². The molecule has 302 valence electrons. The number of aliphatic hydroxyl groups excluding tert-OH is 1. The molecule has 9 heteroatoms. The minimum Gasteiger partial charge on any atom is -0.387 e. The number of carbonyl (C=O) groups excluding carboxylic acids is 1. The van der Waals surface area contributed by atoms with Crippen molar-refractivity contribution in [1.29, 1.82) is 0 Å². The van der Waals surface area contributed by atoms with Crippen LogP contribution in [0.3, 0.4) is 0 Å². The number of phosphoric acid groups is 1. The maximum absolute atomic E-state index is 12.7. The molecule has 0 aromatic heterocycles. The third-order valence-electron chi connectivity index (χ3n) is 9.52. The number of amides is 1. The summed E-state index contributed by atoms with van der Waals surface area (Å²) in [4.78, 5) is 22.7. The van der Waals surface area contributed by atoms with Crippen molar-refractivity contribution in [3.63, 3.8) is 0 Å². The van der Waals surface area contributed by atoms with Crippen LogP contribution in [0.2, 0.25) is 0 Å². The van der Waals surface area contributed by atoms with Crippen LogP contribution in [-0.2, 0) is 18.4 Å². The molecule has 0 bridgehead atoms. The van der Waals surface area contributed by atoms with Gasteiger partial charge in [0.2, 0.25) is 5.91 Å². The topological polar surface area (TPSA) is 131 Å². The van der Waals surface area contributed by atoms with Crippen LogP contribution in [0, 0.1) is 0 Å². The quantitative estimate of drug-likeness (QED) is 0.0279. The first-order chi connectivity index (χ1) is 24.9. The van der Waals surface area contributed by atoms with Crippen molar-refractivity contribution >= 4 is 13.7 Å². The van der Waals surface area contributed by atoms with Crippen LogP contribution in [0.4, 0.5) is 0 Å². The van der Waals surface area contributed by atoms with Gasteiger partial charge in [-0.15, -0.1) is 0 Å². The number of rotatable bonds is 40. The number of phosphoric ester groups is 1. The summed E-state index contributed by atoms with van der Waals surface area (Å²) in [5.41, 5.74) is 5.37. The predicted octanol–water partition coefficient (Wildman–Crippen LogP) is 11.8. The first-order valence-corrected chi connectivity index (χ1v) is 23.0. The van der Waals surface area contributed by atoms with Crippen molar-refractivity contribution in [2.24, 2.45) is 5.73 Å². The second kappa shape index (κ2) is 38.7. The summed E-state index contributed by atoms with van der Waals surface area (Å²) in [5, 5.41) is 13.6. The Morgan fingerprint density at radius 3 is 1.45 bits per heavy atom. The van der Waals surface area contributed by atoms with E-state index in [0.29, 0.717) is 6.42 Å². The smallest absolute Gasteiger partial charge is 0.387 e. The molecule has 0 saturated heterocycles. The van der Waals surface area contributed by atoms with Crippen LogP contribution in [0.5, 0.6) is 0 Å². The molecule has 0 aliphatic heterocycles. The maximum atomic E-state index is 12.7. The van der Waals surface area contributed by atoms with E-state index in [1.807, 2.05) is 6.08 Å². The fraction of sp³-hybridized carbons (Fsp3) is 0.881. The largest absolute Gasteiger partial charge is 0.472 e. The Balaban J connectivity index is 4.18. The van der Waals surface area contributed by atoms with Crippen molar-refractivity contribution in [3.05, 3.63) is 24.3 Å².